The van der Waals surface area contributed by atoms with Crippen LogP contribution in [-0.4, -0.2) is 38.7 Å². The second kappa shape index (κ2) is 6.92. The van der Waals surface area contributed by atoms with Crippen molar-refractivity contribution in [3.63, 3.8) is 0 Å². The molecule has 0 bridgehead atoms. The molecule has 0 aliphatic carbocycles. The van der Waals surface area contributed by atoms with E-state index in [1.807, 2.05) is 0 Å². The minimum atomic E-state index is -0.528. The monoisotopic (exact) mass is 442 g/mol. The standard InChI is InChI=1S/C14H12BrClN6O4/c1-25-7-4-3-6(9(22(23)24)10(7)26-2)5-21-12-8(18-13(21)15)11(16)19-14(17)20-12/h3-4H,5H2,1-2H3,(H2,17,19,20). The topological polar surface area (TPSA) is 131 Å². The first-order chi connectivity index (χ1) is 12.4. The zero-order valence-corrected chi connectivity index (χ0v) is 15.9. The van der Waals surface area contributed by atoms with Gasteiger partial charge in [0.25, 0.3) is 0 Å². The first-order valence-corrected chi connectivity index (χ1v) is 8.27. The Bertz CT molecular complexity index is 1020. The number of halogens is 2. The molecule has 2 heterocycles. The van der Waals surface area contributed by atoms with Crippen LogP contribution in [0.5, 0.6) is 11.5 Å². The molecule has 0 fully saturated rings. The summed E-state index contributed by atoms with van der Waals surface area (Å²) in [5.74, 6) is 0.257. The Morgan fingerprint density at radius 2 is 2.04 bits per heavy atom. The van der Waals surface area contributed by atoms with Crippen molar-refractivity contribution < 1.29 is 14.4 Å². The molecule has 3 aromatic rings. The second-order valence-corrected chi connectivity index (χ2v) is 6.15. The van der Waals surface area contributed by atoms with Crippen LogP contribution in [0.1, 0.15) is 5.56 Å². The van der Waals surface area contributed by atoms with Crippen molar-refractivity contribution in [1.82, 2.24) is 19.5 Å². The van der Waals surface area contributed by atoms with Gasteiger partial charge in [-0.2, -0.15) is 9.97 Å². The summed E-state index contributed by atoms with van der Waals surface area (Å²) in [6.45, 7) is 0.0700. The highest BCUT2D eigenvalue weighted by molar-refractivity contribution is 9.10. The van der Waals surface area contributed by atoms with Gasteiger partial charge in [-0.3, -0.25) is 14.7 Å². The van der Waals surface area contributed by atoms with Crippen molar-refractivity contribution in [1.29, 1.82) is 0 Å². The molecule has 0 radical (unpaired) electrons. The maximum atomic E-state index is 11.6. The van der Waals surface area contributed by atoms with Gasteiger partial charge >= 0.3 is 5.69 Å². The highest BCUT2D eigenvalue weighted by Gasteiger charge is 2.26. The summed E-state index contributed by atoms with van der Waals surface area (Å²) < 4.78 is 12.3. The van der Waals surface area contributed by atoms with Gasteiger partial charge in [0.2, 0.25) is 11.7 Å². The molecule has 1 aromatic carbocycles. The molecule has 0 spiro atoms. The second-order valence-electron chi connectivity index (χ2n) is 5.08. The molecular weight excluding hydrogens is 432 g/mol. The molecular formula is C14H12BrClN6O4. The maximum Gasteiger partial charge on any atom is 0.319 e. The molecule has 136 valence electrons. The van der Waals surface area contributed by atoms with Gasteiger partial charge in [-0.25, -0.2) is 4.98 Å². The van der Waals surface area contributed by atoms with Gasteiger partial charge in [-0.05, 0) is 28.1 Å². The van der Waals surface area contributed by atoms with Gasteiger partial charge in [0.15, 0.2) is 21.3 Å². The van der Waals surface area contributed by atoms with Gasteiger partial charge in [0.1, 0.15) is 5.52 Å². The van der Waals surface area contributed by atoms with E-state index in [1.165, 1.54) is 14.2 Å². The fourth-order valence-corrected chi connectivity index (χ4v) is 3.23. The van der Waals surface area contributed by atoms with E-state index in [0.29, 0.717) is 21.5 Å². The summed E-state index contributed by atoms with van der Waals surface area (Å²) in [5, 5.41) is 11.7. The molecule has 0 unspecified atom stereocenters. The van der Waals surface area contributed by atoms with Gasteiger partial charge in [0.05, 0.1) is 31.3 Å². The van der Waals surface area contributed by atoms with Crippen molar-refractivity contribution in [3.8, 4) is 11.5 Å². The van der Waals surface area contributed by atoms with Gasteiger partial charge < -0.3 is 15.2 Å². The van der Waals surface area contributed by atoms with E-state index in [4.69, 9.17) is 26.8 Å². The number of imidazole rings is 1. The molecule has 0 aliphatic heterocycles. The Hall–Kier alpha value is -2.66. The number of benzene rings is 1. The zero-order valence-electron chi connectivity index (χ0n) is 13.6. The highest BCUT2D eigenvalue weighted by atomic mass is 79.9. The molecule has 26 heavy (non-hydrogen) atoms. The molecule has 0 saturated heterocycles. The average molecular weight is 444 g/mol. The molecule has 0 saturated carbocycles. The number of nitro groups is 1. The van der Waals surface area contributed by atoms with Crippen molar-refractivity contribution in [2.45, 2.75) is 6.54 Å². The number of nitrogens with zero attached hydrogens (tertiary/aromatic N) is 5. The number of methoxy groups -OCH3 is 2. The third-order valence-corrected chi connectivity index (χ3v) is 4.51. The molecule has 3 rings (SSSR count). The van der Waals surface area contributed by atoms with Crippen LogP contribution in [0.25, 0.3) is 11.2 Å². The van der Waals surface area contributed by atoms with Crippen LogP contribution >= 0.6 is 27.5 Å². The van der Waals surface area contributed by atoms with Crippen LogP contribution in [-0.2, 0) is 6.54 Å². The number of anilines is 1. The summed E-state index contributed by atoms with van der Waals surface area (Å²) in [6, 6.07) is 3.16. The summed E-state index contributed by atoms with van der Waals surface area (Å²) in [7, 11) is 2.74. The summed E-state index contributed by atoms with van der Waals surface area (Å²) in [4.78, 5) is 23.3. The number of nitro benzene ring substituents is 1. The lowest BCUT2D eigenvalue weighted by Gasteiger charge is -2.12. The number of nitrogen functional groups attached to an aromatic ring is 1. The van der Waals surface area contributed by atoms with Crippen LogP contribution in [0.3, 0.4) is 0 Å². The molecule has 2 N–H and O–H groups in total. The molecule has 0 amide bonds. The fourth-order valence-electron chi connectivity index (χ4n) is 2.55. The van der Waals surface area contributed by atoms with Crippen molar-refractivity contribution in [2.24, 2.45) is 0 Å². The first kappa shape index (κ1) is 18.1. The third-order valence-electron chi connectivity index (χ3n) is 3.64. The SMILES string of the molecule is COc1ccc(Cn2c(Br)nc3c(Cl)nc(N)nc32)c([N+](=O)[O-])c1OC. The van der Waals surface area contributed by atoms with Gasteiger partial charge in [-0.1, -0.05) is 11.6 Å². The summed E-state index contributed by atoms with van der Waals surface area (Å²) in [5.41, 5.74) is 6.47. The van der Waals surface area contributed by atoms with E-state index in [9.17, 15) is 10.1 Å². The van der Waals surface area contributed by atoms with Crippen LogP contribution < -0.4 is 15.2 Å². The highest BCUT2D eigenvalue weighted by Crippen LogP contribution is 2.40. The largest absolute Gasteiger partial charge is 0.493 e. The Balaban J connectivity index is 2.20. The predicted octanol–water partition coefficient (Wildman–Crippen LogP) is 2.80. The number of fused-ring (bicyclic) bond motifs is 1. The Morgan fingerprint density at radius 1 is 1.31 bits per heavy atom. The number of nitrogens with two attached hydrogens (primary N) is 1. The van der Waals surface area contributed by atoms with Crippen LogP contribution in [0.15, 0.2) is 16.9 Å². The van der Waals surface area contributed by atoms with Crippen molar-refractivity contribution >= 4 is 50.3 Å². The molecule has 0 aliphatic rings. The van der Waals surface area contributed by atoms with E-state index in [2.05, 4.69) is 30.9 Å². The third kappa shape index (κ3) is 2.99. The van der Waals surface area contributed by atoms with E-state index < -0.39 is 4.92 Å². The average Bonchev–Trinajstić information content (AvgIpc) is 2.90. The zero-order chi connectivity index (χ0) is 19.0. The lowest BCUT2D eigenvalue weighted by atomic mass is 10.1. The predicted molar refractivity (Wildman–Crippen MR) is 97.7 cm³/mol. The summed E-state index contributed by atoms with van der Waals surface area (Å²) in [6.07, 6.45) is 0. The van der Waals surface area contributed by atoms with Crippen LogP contribution in [0, 0.1) is 10.1 Å². The Morgan fingerprint density at radius 3 is 2.65 bits per heavy atom. The number of hydrogen-bond acceptors (Lipinski definition) is 8. The lowest BCUT2D eigenvalue weighted by Crippen LogP contribution is -2.07. The molecule has 12 heteroatoms. The van der Waals surface area contributed by atoms with E-state index >= 15 is 0 Å². The number of ether oxygens (including phenoxy) is 2. The maximum absolute atomic E-state index is 11.6. The van der Waals surface area contributed by atoms with E-state index in [0.717, 1.165) is 0 Å². The Kier molecular flexibility index (Phi) is 4.83. The number of aromatic nitrogens is 4. The van der Waals surface area contributed by atoms with E-state index in [-0.39, 0.29) is 34.8 Å². The minimum Gasteiger partial charge on any atom is -0.493 e. The molecule has 2 aromatic heterocycles. The van der Waals surface area contributed by atoms with Crippen molar-refractivity contribution in [3.05, 3.63) is 37.7 Å². The number of rotatable bonds is 5. The quantitative estimate of drug-likeness (QED) is 0.275. The summed E-state index contributed by atoms with van der Waals surface area (Å²) >= 11 is 9.36. The van der Waals surface area contributed by atoms with Crippen LogP contribution in [0.2, 0.25) is 5.15 Å². The molecule has 10 nitrogen and oxygen atoms in total. The van der Waals surface area contributed by atoms with Crippen LogP contribution in [0.4, 0.5) is 11.6 Å². The fraction of sp³-hybridized carbons (Fsp3) is 0.214. The minimum absolute atomic E-state index is 0.0297. The Labute approximate surface area is 160 Å². The molecule has 0 atom stereocenters. The normalized spacial score (nSPS) is 10.9. The van der Waals surface area contributed by atoms with Gasteiger partial charge in [0, 0.05) is 0 Å². The lowest BCUT2D eigenvalue weighted by molar-refractivity contribution is -0.386. The number of hydrogen-bond donors (Lipinski definition) is 1. The smallest absolute Gasteiger partial charge is 0.319 e. The van der Waals surface area contributed by atoms with E-state index in [1.54, 1.807) is 16.7 Å². The van der Waals surface area contributed by atoms with Gasteiger partial charge in [-0.15, -0.1) is 0 Å². The first-order valence-electron chi connectivity index (χ1n) is 7.10. The van der Waals surface area contributed by atoms with Crippen molar-refractivity contribution in [2.75, 3.05) is 20.0 Å².